The Hall–Kier alpha value is -3.04. The number of hydrogen-bond acceptors (Lipinski definition) is 0. The monoisotopic (exact) mass is 528 g/mol. The quantitative estimate of drug-likeness (QED) is 0.179. The Morgan fingerprint density at radius 1 is 0.949 bits per heavy atom. The second-order valence-electron chi connectivity index (χ2n) is 9.38. The molecular weight excluding hydrogens is 468 g/mol. The van der Waals surface area contributed by atoms with Gasteiger partial charge in [0.15, 0.2) is 0 Å². The van der Waals surface area contributed by atoms with E-state index in [0.717, 1.165) is 44.9 Å². The lowest BCUT2D eigenvalue weighted by Crippen LogP contribution is -2.08. The van der Waals surface area contributed by atoms with E-state index in [2.05, 4.69) is 95.7 Å². The highest BCUT2D eigenvalue weighted by molar-refractivity contribution is 5.82. The second kappa shape index (κ2) is 22.9. The predicted octanol–water partition coefficient (Wildman–Crippen LogP) is 12.8. The van der Waals surface area contributed by atoms with Crippen molar-refractivity contribution in [2.24, 2.45) is 11.3 Å². The van der Waals surface area contributed by atoms with Gasteiger partial charge in [-0.2, -0.15) is 0 Å². The summed E-state index contributed by atoms with van der Waals surface area (Å²) in [4.78, 5) is 0. The zero-order valence-electron chi connectivity index (χ0n) is 26.6. The van der Waals surface area contributed by atoms with Crippen molar-refractivity contribution < 1.29 is 0 Å². The normalized spacial score (nSPS) is 13.3. The third-order valence-electron chi connectivity index (χ3n) is 6.38. The number of benzene rings is 1. The van der Waals surface area contributed by atoms with Gasteiger partial charge in [-0.3, -0.25) is 0 Å². The van der Waals surface area contributed by atoms with E-state index in [1.54, 1.807) is 0 Å². The summed E-state index contributed by atoms with van der Waals surface area (Å²) < 4.78 is 0. The summed E-state index contributed by atoms with van der Waals surface area (Å²) >= 11 is 0. The molecule has 39 heavy (non-hydrogen) atoms. The maximum atomic E-state index is 4.07. The number of rotatable bonds is 8. The number of allylic oxidation sites excluding steroid dienone is 11. The summed E-state index contributed by atoms with van der Waals surface area (Å²) in [5.41, 5.74) is 7.38. The van der Waals surface area contributed by atoms with Crippen LogP contribution in [0.2, 0.25) is 0 Å². The first-order valence-corrected chi connectivity index (χ1v) is 14.4. The molecule has 0 N–H and O–H groups in total. The summed E-state index contributed by atoms with van der Waals surface area (Å²) in [6, 6.07) is 8.49. The van der Waals surface area contributed by atoms with Gasteiger partial charge in [-0.05, 0) is 81.4 Å². The van der Waals surface area contributed by atoms with Crippen LogP contribution in [0.4, 0.5) is 0 Å². The maximum Gasteiger partial charge on any atom is 0.0465 e. The van der Waals surface area contributed by atoms with Gasteiger partial charge in [0.05, 0.1) is 0 Å². The molecule has 0 atom stereocenters. The molecule has 0 aromatic heterocycles. The standard InChI is InChI=1S/C29H34.C5H10.2C2H6.CH4/c1-10-14-15-25(20-21-29(8,9)22(5)6)23(7)28(13-4)27-18-16-26(17-19-27)24(11-2)12-3;1-2-5-3-4-5;2*1-2;/h10-19H,2,4-5H2,1,3,6-9H3;5H,2-4H2,1H3;2*1-2H3;1H4/b14-10-,24-12+,25-15-,28-23-;;;;. The van der Waals surface area contributed by atoms with Crippen molar-refractivity contribution in [3.05, 3.63) is 108 Å². The van der Waals surface area contributed by atoms with Crippen LogP contribution >= 0.6 is 0 Å². The van der Waals surface area contributed by atoms with Gasteiger partial charge in [0, 0.05) is 11.0 Å². The van der Waals surface area contributed by atoms with Gasteiger partial charge in [-0.15, -0.1) is 0 Å². The van der Waals surface area contributed by atoms with Crippen molar-refractivity contribution in [2.75, 3.05) is 0 Å². The topological polar surface area (TPSA) is 0 Å². The molecular formula is C39H60. The van der Waals surface area contributed by atoms with Crippen LogP contribution in [-0.2, 0) is 0 Å². The van der Waals surface area contributed by atoms with Crippen LogP contribution in [0.15, 0.2) is 97.2 Å². The molecule has 1 aromatic rings. The van der Waals surface area contributed by atoms with Crippen LogP contribution in [0.1, 0.15) is 114 Å². The highest BCUT2D eigenvalue weighted by Gasteiger charge is 2.17. The van der Waals surface area contributed by atoms with Crippen LogP contribution in [-0.4, -0.2) is 0 Å². The van der Waals surface area contributed by atoms with Crippen molar-refractivity contribution in [2.45, 2.75) is 103 Å². The van der Waals surface area contributed by atoms with Gasteiger partial charge in [-0.1, -0.05) is 153 Å². The molecule has 1 aliphatic carbocycles. The second-order valence-corrected chi connectivity index (χ2v) is 9.38. The fourth-order valence-corrected chi connectivity index (χ4v) is 3.19. The third kappa shape index (κ3) is 15.2. The van der Waals surface area contributed by atoms with E-state index in [0.29, 0.717) is 0 Å². The van der Waals surface area contributed by atoms with Gasteiger partial charge in [0.25, 0.3) is 0 Å². The molecule has 0 heteroatoms. The first kappa shape index (κ1) is 40.5. The van der Waals surface area contributed by atoms with Crippen molar-refractivity contribution in [3.63, 3.8) is 0 Å². The van der Waals surface area contributed by atoms with Crippen LogP contribution < -0.4 is 0 Å². The fourth-order valence-electron chi connectivity index (χ4n) is 3.19. The smallest absolute Gasteiger partial charge is 0.0465 e. The Balaban J connectivity index is -0.00000112. The molecule has 1 fully saturated rings. The van der Waals surface area contributed by atoms with Crippen LogP contribution in [0.3, 0.4) is 0 Å². The summed E-state index contributed by atoms with van der Waals surface area (Å²) in [7, 11) is 0. The Bertz CT molecular complexity index is 1030. The summed E-state index contributed by atoms with van der Waals surface area (Å²) in [6.07, 6.45) is 16.4. The molecule has 216 valence electrons. The summed E-state index contributed by atoms with van der Waals surface area (Å²) in [5, 5.41) is 0. The van der Waals surface area contributed by atoms with Crippen LogP contribution in [0.5, 0.6) is 0 Å². The first-order valence-electron chi connectivity index (χ1n) is 14.4. The zero-order chi connectivity index (χ0) is 29.7. The first-order chi connectivity index (χ1) is 18.1. The molecule has 1 aromatic carbocycles. The number of hydrogen-bond donors (Lipinski definition) is 0. The van der Waals surface area contributed by atoms with Crippen molar-refractivity contribution in [1.29, 1.82) is 0 Å². The molecule has 0 bridgehead atoms. The van der Waals surface area contributed by atoms with E-state index in [9.17, 15) is 0 Å². The Morgan fingerprint density at radius 3 is 1.79 bits per heavy atom. The van der Waals surface area contributed by atoms with E-state index in [1.807, 2.05) is 72.8 Å². The summed E-state index contributed by atoms with van der Waals surface area (Å²) in [6.45, 7) is 34.6. The van der Waals surface area contributed by atoms with Crippen LogP contribution in [0.25, 0.3) is 11.1 Å². The largest absolute Gasteiger partial charge is 0.0986 e. The van der Waals surface area contributed by atoms with Crippen molar-refractivity contribution >= 4 is 11.1 Å². The van der Waals surface area contributed by atoms with Gasteiger partial charge in [-0.25, -0.2) is 0 Å². The average molecular weight is 529 g/mol. The van der Waals surface area contributed by atoms with Crippen molar-refractivity contribution in [3.8, 4) is 11.8 Å². The van der Waals surface area contributed by atoms with E-state index in [-0.39, 0.29) is 12.8 Å². The lowest BCUT2D eigenvalue weighted by molar-refractivity contribution is 0.609. The molecule has 0 amide bonds. The molecule has 2 rings (SSSR count). The molecule has 0 heterocycles. The Labute approximate surface area is 245 Å². The molecule has 0 spiro atoms. The molecule has 0 saturated heterocycles. The predicted molar refractivity (Wildman–Crippen MR) is 185 cm³/mol. The molecule has 0 unspecified atom stereocenters. The maximum absolute atomic E-state index is 4.07. The fraction of sp³-hybridized carbons (Fsp3) is 0.436. The van der Waals surface area contributed by atoms with Gasteiger partial charge >= 0.3 is 0 Å². The van der Waals surface area contributed by atoms with Crippen LogP contribution in [0, 0.1) is 23.2 Å². The molecule has 0 aliphatic heterocycles. The average Bonchev–Trinajstić information content (AvgIpc) is 3.78. The lowest BCUT2D eigenvalue weighted by Gasteiger charge is -2.17. The third-order valence-corrected chi connectivity index (χ3v) is 6.38. The van der Waals surface area contributed by atoms with Crippen molar-refractivity contribution in [1.82, 2.24) is 0 Å². The minimum absolute atomic E-state index is 0. The van der Waals surface area contributed by atoms with Gasteiger partial charge in [0.2, 0.25) is 0 Å². The van der Waals surface area contributed by atoms with E-state index >= 15 is 0 Å². The SMILES string of the molecule is C.C=C/C(=C(C)/C(C#CC(C)(C)C(=C)C)=C\C=C/C)c1ccc(/C(C=C)=C/C)cc1.CC.CC.CCC1CC1. The minimum Gasteiger partial charge on any atom is -0.0986 e. The Morgan fingerprint density at radius 2 is 1.46 bits per heavy atom. The highest BCUT2D eigenvalue weighted by Crippen LogP contribution is 2.31. The molecule has 0 nitrogen and oxygen atoms in total. The zero-order valence-corrected chi connectivity index (χ0v) is 26.6. The van der Waals surface area contributed by atoms with Gasteiger partial charge in [0.1, 0.15) is 0 Å². The molecule has 0 radical (unpaired) electrons. The van der Waals surface area contributed by atoms with E-state index in [1.165, 1.54) is 19.3 Å². The van der Waals surface area contributed by atoms with Gasteiger partial charge < -0.3 is 0 Å². The molecule has 1 saturated carbocycles. The molecule has 1 aliphatic rings. The Kier molecular flexibility index (Phi) is 23.8. The lowest BCUT2D eigenvalue weighted by atomic mass is 9.86. The summed E-state index contributed by atoms with van der Waals surface area (Å²) in [5.74, 6) is 7.89. The van der Waals surface area contributed by atoms with E-state index < -0.39 is 0 Å². The highest BCUT2D eigenvalue weighted by atomic mass is 14.2. The minimum atomic E-state index is -0.237. The van der Waals surface area contributed by atoms with E-state index in [4.69, 9.17) is 0 Å².